The maximum atomic E-state index is 11.7. The van der Waals surface area contributed by atoms with Gasteiger partial charge in [-0.05, 0) is 49.4 Å². The number of benzene rings is 2. The molecule has 0 fully saturated rings. The van der Waals surface area contributed by atoms with Crippen molar-refractivity contribution in [1.82, 2.24) is 4.90 Å². The molecule has 1 unspecified atom stereocenters. The SMILES string of the molecule is COc1ccc(CN(C)Cc2ccc3c(c2)NC(=O)C(C)O3)cc1. The molecule has 0 aliphatic carbocycles. The van der Waals surface area contributed by atoms with Gasteiger partial charge in [0.2, 0.25) is 0 Å². The summed E-state index contributed by atoms with van der Waals surface area (Å²) in [5.41, 5.74) is 3.10. The Hall–Kier alpha value is -2.53. The average molecular weight is 326 g/mol. The van der Waals surface area contributed by atoms with Gasteiger partial charge in [0.05, 0.1) is 12.8 Å². The summed E-state index contributed by atoms with van der Waals surface area (Å²) < 4.78 is 10.8. The first-order valence-electron chi connectivity index (χ1n) is 7.97. The topological polar surface area (TPSA) is 50.8 Å². The highest BCUT2D eigenvalue weighted by Gasteiger charge is 2.23. The Morgan fingerprint density at radius 2 is 1.79 bits per heavy atom. The zero-order chi connectivity index (χ0) is 17.1. The molecule has 1 N–H and O–H groups in total. The quantitative estimate of drug-likeness (QED) is 0.917. The van der Waals surface area contributed by atoms with E-state index in [1.165, 1.54) is 5.56 Å². The molecule has 5 heteroatoms. The van der Waals surface area contributed by atoms with Crippen molar-refractivity contribution in [2.45, 2.75) is 26.1 Å². The van der Waals surface area contributed by atoms with Crippen molar-refractivity contribution >= 4 is 11.6 Å². The van der Waals surface area contributed by atoms with Crippen molar-refractivity contribution in [3.05, 3.63) is 53.6 Å². The molecular formula is C19H22N2O3. The van der Waals surface area contributed by atoms with E-state index in [0.29, 0.717) is 0 Å². The fourth-order valence-corrected chi connectivity index (χ4v) is 2.76. The normalized spacial score (nSPS) is 16.3. The van der Waals surface area contributed by atoms with Crippen molar-refractivity contribution in [3.8, 4) is 11.5 Å². The second-order valence-corrected chi connectivity index (χ2v) is 6.10. The van der Waals surface area contributed by atoms with Crippen molar-refractivity contribution in [2.24, 2.45) is 0 Å². The van der Waals surface area contributed by atoms with E-state index in [2.05, 4.69) is 29.4 Å². The lowest BCUT2D eigenvalue weighted by Gasteiger charge is -2.24. The molecule has 0 radical (unpaired) electrons. The lowest BCUT2D eigenvalue weighted by molar-refractivity contribution is -0.122. The molecule has 1 aliphatic heterocycles. The van der Waals surface area contributed by atoms with Gasteiger partial charge in [-0.3, -0.25) is 9.69 Å². The van der Waals surface area contributed by atoms with Crippen LogP contribution in [0.15, 0.2) is 42.5 Å². The van der Waals surface area contributed by atoms with E-state index in [1.54, 1.807) is 14.0 Å². The summed E-state index contributed by atoms with van der Waals surface area (Å²) in [6.45, 7) is 3.36. The van der Waals surface area contributed by atoms with Gasteiger partial charge in [0.15, 0.2) is 6.10 Å². The molecule has 126 valence electrons. The lowest BCUT2D eigenvalue weighted by atomic mass is 10.1. The standard InChI is InChI=1S/C19H22N2O3/c1-13-19(22)20-17-10-15(6-9-18(17)24-13)12-21(2)11-14-4-7-16(23-3)8-5-14/h4-10,13H,11-12H2,1-3H3,(H,20,22). The highest BCUT2D eigenvalue weighted by atomic mass is 16.5. The second kappa shape index (κ2) is 6.93. The van der Waals surface area contributed by atoms with E-state index < -0.39 is 6.10 Å². The summed E-state index contributed by atoms with van der Waals surface area (Å²) in [5, 5.41) is 2.89. The number of carbonyl (C=O) groups excluding carboxylic acids is 1. The van der Waals surface area contributed by atoms with Crippen LogP contribution in [0.1, 0.15) is 18.1 Å². The molecule has 0 bridgehead atoms. The van der Waals surface area contributed by atoms with Gasteiger partial charge in [-0.2, -0.15) is 0 Å². The van der Waals surface area contributed by atoms with E-state index in [9.17, 15) is 4.79 Å². The molecule has 1 aliphatic rings. The molecule has 0 saturated carbocycles. The molecule has 24 heavy (non-hydrogen) atoms. The summed E-state index contributed by atoms with van der Waals surface area (Å²) in [6, 6.07) is 14.0. The third-order valence-corrected chi connectivity index (χ3v) is 4.04. The van der Waals surface area contributed by atoms with Crippen molar-refractivity contribution in [3.63, 3.8) is 0 Å². The second-order valence-electron chi connectivity index (χ2n) is 6.10. The number of carbonyl (C=O) groups is 1. The van der Waals surface area contributed by atoms with E-state index >= 15 is 0 Å². The molecule has 3 rings (SSSR count). The van der Waals surface area contributed by atoms with Crippen molar-refractivity contribution in [2.75, 3.05) is 19.5 Å². The number of hydrogen-bond acceptors (Lipinski definition) is 4. The van der Waals surface area contributed by atoms with Crippen LogP contribution >= 0.6 is 0 Å². The number of fused-ring (bicyclic) bond motifs is 1. The summed E-state index contributed by atoms with van der Waals surface area (Å²) in [5.74, 6) is 1.48. The van der Waals surface area contributed by atoms with Crippen LogP contribution in [-0.2, 0) is 17.9 Å². The van der Waals surface area contributed by atoms with Crippen LogP contribution < -0.4 is 14.8 Å². The zero-order valence-electron chi connectivity index (χ0n) is 14.2. The van der Waals surface area contributed by atoms with Crippen LogP contribution in [0.2, 0.25) is 0 Å². The van der Waals surface area contributed by atoms with Crippen LogP contribution in [-0.4, -0.2) is 31.1 Å². The number of ether oxygens (including phenoxy) is 2. The minimum absolute atomic E-state index is 0.105. The Labute approximate surface area is 142 Å². The smallest absolute Gasteiger partial charge is 0.265 e. The molecule has 1 heterocycles. The van der Waals surface area contributed by atoms with Crippen LogP contribution in [0.5, 0.6) is 11.5 Å². The molecule has 1 atom stereocenters. The van der Waals surface area contributed by atoms with Crippen molar-refractivity contribution in [1.29, 1.82) is 0 Å². The van der Waals surface area contributed by atoms with Crippen LogP contribution in [0.4, 0.5) is 5.69 Å². The Morgan fingerprint density at radius 3 is 2.50 bits per heavy atom. The predicted octanol–water partition coefficient (Wildman–Crippen LogP) is 3.05. The highest BCUT2D eigenvalue weighted by Crippen LogP contribution is 2.30. The molecule has 2 aromatic rings. The summed E-state index contributed by atoms with van der Waals surface area (Å²) in [4.78, 5) is 13.9. The molecule has 0 saturated heterocycles. The van der Waals surface area contributed by atoms with Gasteiger partial charge < -0.3 is 14.8 Å². The molecule has 0 aromatic heterocycles. The maximum absolute atomic E-state index is 11.7. The Bertz CT molecular complexity index is 728. The molecule has 1 amide bonds. The number of amides is 1. The van der Waals surface area contributed by atoms with Gasteiger partial charge in [0, 0.05) is 13.1 Å². The molecule has 2 aromatic carbocycles. The monoisotopic (exact) mass is 326 g/mol. The molecule has 5 nitrogen and oxygen atoms in total. The third-order valence-electron chi connectivity index (χ3n) is 4.04. The first-order valence-corrected chi connectivity index (χ1v) is 7.97. The number of nitrogens with one attached hydrogen (secondary N) is 1. The van der Waals surface area contributed by atoms with Gasteiger partial charge in [-0.1, -0.05) is 18.2 Å². The number of methoxy groups -OCH3 is 1. The van der Waals surface area contributed by atoms with Gasteiger partial charge in [0.1, 0.15) is 11.5 Å². The Kier molecular flexibility index (Phi) is 4.71. The van der Waals surface area contributed by atoms with Crippen LogP contribution in [0, 0.1) is 0 Å². The maximum Gasteiger partial charge on any atom is 0.265 e. The van der Waals surface area contributed by atoms with E-state index in [4.69, 9.17) is 9.47 Å². The number of hydrogen-bond donors (Lipinski definition) is 1. The van der Waals surface area contributed by atoms with Gasteiger partial charge in [-0.15, -0.1) is 0 Å². The first-order chi connectivity index (χ1) is 11.5. The van der Waals surface area contributed by atoms with E-state index in [1.807, 2.05) is 30.3 Å². The summed E-state index contributed by atoms with van der Waals surface area (Å²) >= 11 is 0. The zero-order valence-corrected chi connectivity index (χ0v) is 14.2. The van der Waals surface area contributed by atoms with Gasteiger partial charge in [0.25, 0.3) is 5.91 Å². The fourth-order valence-electron chi connectivity index (χ4n) is 2.76. The van der Waals surface area contributed by atoms with E-state index in [0.717, 1.165) is 35.8 Å². The van der Waals surface area contributed by atoms with Crippen molar-refractivity contribution < 1.29 is 14.3 Å². The average Bonchev–Trinajstić information content (AvgIpc) is 2.57. The largest absolute Gasteiger partial charge is 0.497 e. The summed E-state index contributed by atoms with van der Waals surface area (Å²) in [7, 11) is 3.74. The van der Waals surface area contributed by atoms with Gasteiger partial charge in [-0.25, -0.2) is 0 Å². The molecular weight excluding hydrogens is 304 g/mol. The minimum Gasteiger partial charge on any atom is -0.497 e. The van der Waals surface area contributed by atoms with Crippen LogP contribution in [0.3, 0.4) is 0 Å². The number of nitrogens with zero attached hydrogens (tertiary/aromatic N) is 1. The Balaban J connectivity index is 1.65. The summed E-state index contributed by atoms with van der Waals surface area (Å²) in [6.07, 6.45) is -0.443. The predicted molar refractivity (Wildman–Crippen MR) is 93.3 cm³/mol. The first kappa shape index (κ1) is 16.3. The fraction of sp³-hybridized carbons (Fsp3) is 0.316. The highest BCUT2D eigenvalue weighted by molar-refractivity contribution is 5.97. The van der Waals surface area contributed by atoms with Crippen LogP contribution in [0.25, 0.3) is 0 Å². The number of rotatable bonds is 5. The lowest BCUT2D eigenvalue weighted by Crippen LogP contribution is -2.34. The minimum atomic E-state index is -0.443. The molecule has 0 spiro atoms. The Morgan fingerprint density at radius 1 is 1.12 bits per heavy atom. The number of anilines is 1. The van der Waals surface area contributed by atoms with Gasteiger partial charge >= 0.3 is 0 Å². The van der Waals surface area contributed by atoms with E-state index in [-0.39, 0.29) is 5.91 Å². The third kappa shape index (κ3) is 3.68.